The summed E-state index contributed by atoms with van der Waals surface area (Å²) in [4.78, 5) is 25.0. The normalized spacial score (nSPS) is 17.1. The number of benzene rings is 1. The molecule has 2 N–H and O–H groups in total. The van der Waals surface area contributed by atoms with E-state index in [1.165, 1.54) is 18.2 Å². The van der Waals surface area contributed by atoms with Crippen LogP contribution in [0.15, 0.2) is 24.3 Å². The van der Waals surface area contributed by atoms with Gasteiger partial charge in [-0.2, -0.15) is 0 Å². The summed E-state index contributed by atoms with van der Waals surface area (Å²) < 4.78 is 18.6. The number of likely N-dealkylation sites (tertiary alicyclic amines) is 1. The van der Waals surface area contributed by atoms with Gasteiger partial charge < -0.3 is 15.4 Å². The smallest absolute Gasteiger partial charge is 0.263 e. The third-order valence-electron chi connectivity index (χ3n) is 3.87. The fourth-order valence-corrected chi connectivity index (χ4v) is 2.69. The van der Waals surface area contributed by atoms with Gasteiger partial charge in [-0.1, -0.05) is 6.07 Å². The fourth-order valence-electron chi connectivity index (χ4n) is 2.69. The molecular weight excluding hydrogens is 287 g/mol. The quantitative estimate of drug-likeness (QED) is 0.900. The van der Waals surface area contributed by atoms with Gasteiger partial charge in [0, 0.05) is 25.6 Å². The van der Waals surface area contributed by atoms with Gasteiger partial charge in [-0.25, -0.2) is 4.39 Å². The maximum atomic E-state index is 13.1. The van der Waals surface area contributed by atoms with Crippen LogP contribution in [0.5, 0.6) is 5.75 Å². The van der Waals surface area contributed by atoms with Crippen molar-refractivity contribution in [1.29, 1.82) is 0 Å². The molecule has 0 aromatic heterocycles. The second kappa shape index (κ2) is 7.24. The first-order chi connectivity index (χ1) is 10.5. The minimum atomic E-state index is -0.672. The molecule has 1 aromatic carbocycles. The Labute approximate surface area is 129 Å². The molecule has 1 aliphatic rings. The molecule has 1 aromatic rings. The monoisotopic (exact) mass is 308 g/mol. The number of carbonyl (C=O) groups is 2. The molecule has 1 aliphatic heterocycles. The van der Waals surface area contributed by atoms with Gasteiger partial charge in [0.2, 0.25) is 5.91 Å². The molecule has 1 unspecified atom stereocenters. The molecule has 0 spiro atoms. The third-order valence-corrected chi connectivity index (χ3v) is 3.87. The van der Waals surface area contributed by atoms with Crippen molar-refractivity contribution >= 4 is 11.8 Å². The van der Waals surface area contributed by atoms with Crippen LogP contribution in [-0.2, 0) is 9.59 Å². The van der Waals surface area contributed by atoms with Gasteiger partial charge in [0.15, 0.2) is 6.10 Å². The number of amides is 2. The van der Waals surface area contributed by atoms with Crippen molar-refractivity contribution in [2.45, 2.75) is 32.3 Å². The number of hydrogen-bond acceptors (Lipinski definition) is 3. The number of rotatable bonds is 5. The minimum absolute atomic E-state index is 0.123. The topological polar surface area (TPSA) is 72.6 Å². The Morgan fingerprint density at radius 1 is 1.41 bits per heavy atom. The van der Waals surface area contributed by atoms with Crippen molar-refractivity contribution in [2.24, 2.45) is 11.7 Å². The van der Waals surface area contributed by atoms with Crippen molar-refractivity contribution in [3.05, 3.63) is 30.1 Å². The maximum Gasteiger partial charge on any atom is 0.263 e. The van der Waals surface area contributed by atoms with Crippen molar-refractivity contribution in [3.63, 3.8) is 0 Å². The minimum Gasteiger partial charge on any atom is -0.481 e. The summed E-state index contributed by atoms with van der Waals surface area (Å²) in [5.41, 5.74) is 5.19. The van der Waals surface area contributed by atoms with E-state index < -0.39 is 11.9 Å². The van der Waals surface area contributed by atoms with Crippen LogP contribution in [0.1, 0.15) is 26.2 Å². The number of nitrogens with zero attached hydrogens (tertiary/aromatic N) is 1. The molecule has 1 saturated heterocycles. The van der Waals surface area contributed by atoms with E-state index in [1.807, 2.05) is 0 Å². The predicted octanol–water partition coefficient (Wildman–Crippen LogP) is 1.71. The summed E-state index contributed by atoms with van der Waals surface area (Å²) >= 11 is 0. The highest BCUT2D eigenvalue weighted by Crippen LogP contribution is 2.21. The molecular formula is C16H21FN2O3. The molecule has 1 fully saturated rings. The van der Waals surface area contributed by atoms with Gasteiger partial charge in [0.25, 0.3) is 5.91 Å². The lowest BCUT2D eigenvalue weighted by molar-refractivity contribution is -0.139. The molecule has 0 saturated carbocycles. The van der Waals surface area contributed by atoms with E-state index in [2.05, 4.69) is 0 Å². The van der Waals surface area contributed by atoms with E-state index in [0.29, 0.717) is 25.3 Å². The van der Waals surface area contributed by atoms with Crippen LogP contribution in [0.2, 0.25) is 0 Å². The maximum absolute atomic E-state index is 13.1. The molecule has 2 amide bonds. The summed E-state index contributed by atoms with van der Waals surface area (Å²) in [7, 11) is 0. The van der Waals surface area contributed by atoms with Gasteiger partial charge in [-0.15, -0.1) is 0 Å². The van der Waals surface area contributed by atoms with Gasteiger partial charge in [0.05, 0.1) is 0 Å². The Morgan fingerprint density at radius 2 is 2.09 bits per heavy atom. The number of primary amides is 1. The Hall–Kier alpha value is -2.11. The van der Waals surface area contributed by atoms with Crippen LogP contribution >= 0.6 is 0 Å². The Morgan fingerprint density at radius 3 is 2.68 bits per heavy atom. The summed E-state index contributed by atoms with van der Waals surface area (Å²) in [5, 5.41) is 0. The molecule has 5 nitrogen and oxygen atoms in total. The largest absolute Gasteiger partial charge is 0.481 e. The van der Waals surface area contributed by atoms with Crippen LogP contribution in [0, 0.1) is 11.7 Å². The van der Waals surface area contributed by atoms with E-state index in [-0.39, 0.29) is 17.7 Å². The molecule has 120 valence electrons. The summed E-state index contributed by atoms with van der Waals surface area (Å²) in [6.45, 7) is 2.84. The fraction of sp³-hybridized carbons (Fsp3) is 0.500. The Balaban J connectivity index is 1.85. The zero-order valence-electron chi connectivity index (χ0n) is 12.6. The highest BCUT2D eigenvalue weighted by atomic mass is 19.1. The van der Waals surface area contributed by atoms with Crippen molar-refractivity contribution < 1.29 is 18.7 Å². The second-order valence-electron chi connectivity index (χ2n) is 5.66. The van der Waals surface area contributed by atoms with Crippen LogP contribution in [0.25, 0.3) is 0 Å². The van der Waals surface area contributed by atoms with E-state index in [0.717, 1.165) is 12.8 Å². The zero-order valence-corrected chi connectivity index (χ0v) is 12.6. The van der Waals surface area contributed by atoms with Crippen molar-refractivity contribution in [2.75, 3.05) is 13.1 Å². The predicted molar refractivity (Wildman–Crippen MR) is 79.6 cm³/mol. The SMILES string of the molecule is CC(Oc1cccc(F)c1)C(=O)N1CCC(CC(N)=O)CC1. The van der Waals surface area contributed by atoms with Crippen LogP contribution < -0.4 is 10.5 Å². The average molecular weight is 308 g/mol. The summed E-state index contributed by atoms with van der Waals surface area (Å²) in [6.07, 6.45) is 1.23. The van der Waals surface area contributed by atoms with Gasteiger partial charge >= 0.3 is 0 Å². The molecule has 6 heteroatoms. The summed E-state index contributed by atoms with van der Waals surface area (Å²) in [6, 6.07) is 5.73. The highest BCUT2D eigenvalue weighted by molar-refractivity contribution is 5.81. The van der Waals surface area contributed by atoms with Crippen LogP contribution in [-0.4, -0.2) is 35.9 Å². The molecule has 1 atom stereocenters. The number of ether oxygens (including phenoxy) is 1. The number of hydrogen-bond donors (Lipinski definition) is 1. The molecule has 0 radical (unpaired) electrons. The number of carbonyl (C=O) groups excluding carboxylic acids is 2. The second-order valence-corrected chi connectivity index (χ2v) is 5.66. The standard InChI is InChI=1S/C16H21FN2O3/c1-11(22-14-4-2-3-13(17)10-14)16(21)19-7-5-12(6-8-19)9-15(18)20/h2-4,10-12H,5-9H2,1H3,(H2,18,20). The molecule has 22 heavy (non-hydrogen) atoms. The third kappa shape index (κ3) is 4.44. The molecule has 0 bridgehead atoms. The number of piperidine rings is 1. The Bertz CT molecular complexity index is 542. The first-order valence-electron chi connectivity index (χ1n) is 7.45. The molecule has 0 aliphatic carbocycles. The lowest BCUT2D eigenvalue weighted by Crippen LogP contribution is -2.45. The lowest BCUT2D eigenvalue weighted by Gasteiger charge is -2.33. The van der Waals surface area contributed by atoms with E-state index in [9.17, 15) is 14.0 Å². The van der Waals surface area contributed by atoms with Crippen LogP contribution in [0.4, 0.5) is 4.39 Å². The highest BCUT2D eigenvalue weighted by Gasteiger charge is 2.27. The van der Waals surface area contributed by atoms with Gasteiger partial charge in [-0.3, -0.25) is 9.59 Å². The van der Waals surface area contributed by atoms with Crippen molar-refractivity contribution in [3.8, 4) is 5.75 Å². The molecule has 1 heterocycles. The van der Waals surface area contributed by atoms with Gasteiger partial charge in [-0.05, 0) is 37.8 Å². The summed E-state index contributed by atoms with van der Waals surface area (Å²) in [5.74, 6) is -0.232. The first-order valence-corrected chi connectivity index (χ1v) is 7.45. The first kappa shape index (κ1) is 16.3. The number of nitrogens with two attached hydrogens (primary N) is 1. The average Bonchev–Trinajstić information content (AvgIpc) is 2.46. The lowest BCUT2D eigenvalue weighted by atomic mass is 9.93. The van der Waals surface area contributed by atoms with E-state index in [4.69, 9.17) is 10.5 Å². The molecule has 2 rings (SSSR count). The van der Waals surface area contributed by atoms with E-state index >= 15 is 0 Å². The van der Waals surface area contributed by atoms with Gasteiger partial charge in [0.1, 0.15) is 11.6 Å². The van der Waals surface area contributed by atoms with E-state index in [1.54, 1.807) is 17.9 Å². The van der Waals surface area contributed by atoms with Crippen molar-refractivity contribution in [1.82, 2.24) is 4.90 Å². The number of halogens is 1. The zero-order chi connectivity index (χ0) is 16.1. The Kier molecular flexibility index (Phi) is 5.35. The van der Waals surface area contributed by atoms with Crippen LogP contribution in [0.3, 0.4) is 0 Å².